The van der Waals surface area contributed by atoms with E-state index >= 15 is 0 Å². The Hall–Kier alpha value is -3.98. The van der Waals surface area contributed by atoms with Crippen LogP contribution in [0.2, 0.25) is 0 Å². The third kappa shape index (κ3) is 5.58. The minimum absolute atomic E-state index is 0.100. The molecule has 9 heteroatoms. The zero-order chi connectivity index (χ0) is 23.3. The van der Waals surface area contributed by atoms with Gasteiger partial charge in [0.2, 0.25) is 0 Å². The number of amides is 1. The SMILES string of the molecule is O=C(O)c1ccc(C(=O)Nc2cccc(SCC(=O)c3ccc(F)cc3)c2)c(C(=O)O)c1. The number of rotatable bonds is 8. The van der Waals surface area contributed by atoms with Gasteiger partial charge in [-0.05, 0) is 60.7 Å². The molecule has 0 aliphatic heterocycles. The molecule has 0 unspecified atom stereocenters. The molecule has 0 heterocycles. The summed E-state index contributed by atoms with van der Waals surface area (Å²) in [6.45, 7) is 0. The molecule has 0 aromatic heterocycles. The number of benzene rings is 3. The standard InChI is InChI=1S/C23H16FNO6S/c24-15-7-4-13(5-8-15)20(26)12-32-17-3-1-2-16(11-17)25-21(27)18-9-6-14(22(28)29)10-19(18)23(30)31/h1-11H,12H2,(H,25,27)(H,28,29)(H,30,31). The van der Waals surface area contributed by atoms with Gasteiger partial charge in [0.05, 0.1) is 22.4 Å². The maximum absolute atomic E-state index is 13.0. The molecule has 1 amide bonds. The lowest BCUT2D eigenvalue weighted by Crippen LogP contribution is -2.17. The van der Waals surface area contributed by atoms with Crippen LogP contribution in [0, 0.1) is 5.82 Å². The number of halogens is 1. The number of hydrogen-bond donors (Lipinski definition) is 3. The van der Waals surface area contributed by atoms with E-state index in [4.69, 9.17) is 5.11 Å². The van der Waals surface area contributed by atoms with Crippen LogP contribution in [0.1, 0.15) is 41.4 Å². The molecule has 3 aromatic rings. The summed E-state index contributed by atoms with van der Waals surface area (Å²) in [7, 11) is 0. The maximum atomic E-state index is 13.0. The van der Waals surface area contributed by atoms with Crippen molar-refractivity contribution in [2.45, 2.75) is 4.90 Å². The number of Topliss-reactive ketones (excluding diaryl/α,β-unsaturated/α-hetero) is 1. The summed E-state index contributed by atoms with van der Waals surface area (Å²) in [6.07, 6.45) is 0. The summed E-state index contributed by atoms with van der Waals surface area (Å²) in [6, 6.07) is 15.1. The first kappa shape index (κ1) is 22.7. The Morgan fingerprint density at radius 3 is 2.16 bits per heavy atom. The number of carbonyl (C=O) groups excluding carboxylic acids is 2. The van der Waals surface area contributed by atoms with Crippen LogP contribution in [0.5, 0.6) is 0 Å². The summed E-state index contributed by atoms with van der Waals surface area (Å²) >= 11 is 1.22. The Morgan fingerprint density at radius 2 is 1.50 bits per heavy atom. The lowest BCUT2D eigenvalue weighted by molar-refractivity contribution is 0.0692. The highest BCUT2D eigenvalue weighted by molar-refractivity contribution is 8.00. The number of nitrogens with one attached hydrogen (secondary N) is 1. The quantitative estimate of drug-likeness (QED) is 0.340. The van der Waals surface area contributed by atoms with Crippen LogP contribution in [0.15, 0.2) is 71.6 Å². The van der Waals surface area contributed by atoms with E-state index in [2.05, 4.69) is 5.32 Å². The monoisotopic (exact) mass is 453 g/mol. The van der Waals surface area contributed by atoms with Crippen molar-refractivity contribution in [3.8, 4) is 0 Å². The van der Waals surface area contributed by atoms with Gasteiger partial charge in [-0.1, -0.05) is 6.07 Å². The number of anilines is 1. The number of carbonyl (C=O) groups is 4. The van der Waals surface area contributed by atoms with Gasteiger partial charge in [0.15, 0.2) is 5.78 Å². The van der Waals surface area contributed by atoms with E-state index in [9.17, 15) is 28.7 Å². The zero-order valence-corrected chi connectivity index (χ0v) is 17.2. The molecule has 0 bridgehead atoms. The summed E-state index contributed by atoms with van der Waals surface area (Å²) < 4.78 is 13.0. The molecule has 3 aromatic carbocycles. The highest BCUT2D eigenvalue weighted by atomic mass is 32.2. The lowest BCUT2D eigenvalue weighted by atomic mass is 10.0. The van der Waals surface area contributed by atoms with E-state index in [0.29, 0.717) is 16.1 Å². The molecule has 3 rings (SSSR count). The van der Waals surface area contributed by atoms with Gasteiger partial charge < -0.3 is 15.5 Å². The van der Waals surface area contributed by atoms with Crippen LogP contribution in [-0.4, -0.2) is 39.6 Å². The van der Waals surface area contributed by atoms with Gasteiger partial charge in [-0.15, -0.1) is 11.8 Å². The predicted octanol–water partition coefficient (Wildman–Crippen LogP) is 4.45. The first-order chi connectivity index (χ1) is 15.2. The molecule has 162 valence electrons. The second kappa shape index (κ2) is 9.88. The van der Waals surface area contributed by atoms with Crippen molar-refractivity contribution < 1.29 is 33.8 Å². The second-order valence-electron chi connectivity index (χ2n) is 6.57. The van der Waals surface area contributed by atoms with E-state index < -0.39 is 29.2 Å². The van der Waals surface area contributed by atoms with Crippen LogP contribution in [0.25, 0.3) is 0 Å². The fourth-order valence-electron chi connectivity index (χ4n) is 2.78. The number of ketones is 1. The third-order valence-electron chi connectivity index (χ3n) is 4.37. The lowest BCUT2D eigenvalue weighted by Gasteiger charge is -2.10. The van der Waals surface area contributed by atoms with Crippen LogP contribution in [0.4, 0.5) is 10.1 Å². The Morgan fingerprint density at radius 1 is 0.812 bits per heavy atom. The maximum Gasteiger partial charge on any atom is 0.336 e. The average Bonchev–Trinajstić information content (AvgIpc) is 2.77. The van der Waals surface area contributed by atoms with Gasteiger partial charge >= 0.3 is 11.9 Å². The van der Waals surface area contributed by atoms with E-state index in [0.717, 1.165) is 18.2 Å². The second-order valence-corrected chi connectivity index (χ2v) is 7.62. The van der Waals surface area contributed by atoms with Crippen molar-refractivity contribution in [3.05, 3.63) is 94.8 Å². The molecule has 0 fully saturated rings. The molecule has 0 saturated heterocycles. The van der Waals surface area contributed by atoms with Gasteiger partial charge in [0, 0.05) is 16.1 Å². The minimum atomic E-state index is -1.43. The van der Waals surface area contributed by atoms with Crippen molar-refractivity contribution in [2.75, 3.05) is 11.1 Å². The molecule has 32 heavy (non-hydrogen) atoms. The van der Waals surface area contributed by atoms with Crippen LogP contribution in [-0.2, 0) is 0 Å². The molecule has 0 atom stereocenters. The van der Waals surface area contributed by atoms with E-state index in [1.54, 1.807) is 24.3 Å². The Bertz CT molecular complexity index is 1210. The minimum Gasteiger partial charge on any atom is -0.478 e. The number of carboxylic acids is 2. The highest BCUT2D eigenvalue weighted by Gasteiger charge is 2.19. The van der Waals surface area contributed by atoms with Gasteiger partial charge in [0.25, 0.3) is 5.91 Å². The van der Waals surface area contributed by atoms with Crippen molar-refractivity contribution >= 4 is 41.1 Å². The van der Waals surface area contributed by atoms with Gasteiger partial charge in [-0.2, -0.15) is 0 Å². The molecule has 0 radical (unpaired) electrons. The normalized spacial score (nSPS) is 10.4. The van der Waals surface area contributed by atoms with Crippen LogP contribution >= 0.6 is 11.8 Å². The molecule has 0 spiro atoms. The molecule has 0 aliphatic carbocycles. The average molecular weight is 453 g/mol. The number of hydrogen-bond acceptors (Lipinski definition) is 5. The first-order valence-corrected chi connectivity index (χ1v) is 10.2. The number of carboxylic acid groups (broad SMARTS) is 2. The molecular formula is C23H16FNO6S. The topological polar surface area (TPSA) is 121 Å². The summed E-state index contributed by atoms with van der Waals surface area (Å²) in [5.74, 6) is -3.97. The predicted molar refractivity (Wildman–Crippen MR) is 116 cm³/mol. The summed E-state index contributed by atoms with van der Waals surface area (Å²) in [5.41, 5.74) is -0.115. The van der Waals surface area contributed by atoms with Crippen molar-refractivity contribution in [1.29, 1.82) is 0 Å². The van der Waals surface area contributed by atoms with Crippen LogP contribution in [0.3, 0.4) is 0 Å². The molecule has 0 aliphatic rings. The van der Waals surface area contributed by atoms with Crippen molar-refractivity contribution in [1.82, 2.24) is 0 Å². The Kier molecular flexibility index (Phi) is 7.01. The van der Waals surface area contributed by atoms with Gasteiger partial charge in [-0.25, -0.2) is 14.0 Å². The zero-order valence-electron chi connectivity index (χ0n) is 16.4. The Labute approximate surface area is 185 Å². The summed E-state index contributed by atoms with van der Waals surface area (Å²) in [4.78, 5) is 48.0. The summed E-state index contributed by atoms with van der Waals surface area (Å²) in [5, 5.41) is 20.9. The van der Waals surface area contributed by atoms with Gasteiger partial charge in [0.1, 0.15) is 5.82 Å². The molecule has 3 N–H and O–H groups in total. The third-order valence-corrected chi connectivity index (χ3v) is 5.36. The molecule has 0 saturated carbocycles. The Balaban J connectivity index is 1.71. The highest BCUT2D eigenvalue weighted by Crippen LogP contribution is 2.24. The molecule has 7 nitrogen and oxygen atoms in total. The van der Waals surface area contributed by atoms with Crippen molar-refractivity contribution in [3.63, 3.8) is 0 Å². The fraction of sp³-hybridized carbons (Fsp3) is 0.0435. The first-order valence-electron chi connectivity index (χ1n) is 9.18. The van der Waals surface area contributed by atoms with E-state index in [1.165, 1.54) is 36.0 Å². The number of aromatic carboxylic acids is 2. The van der Waals surface area contributed by atoms with E-state index in [-0.39, 0.29) is 22.7 Å². The van der Waals surface area contributed by atoms with Gasteiger partial charge in [-0.3, -0.25) is 9.59 Å². The molecular weight excluding hydrogens is 437 g/mol. The smallest absolute Gasteiger partial charge is 0.336 e. The largest absolute Gasteiger partial charge is 0.478 e. The van der Waals surface area contributed by atoms with Crippen molar-refractivity contribution in [2.24, 2.45) is 0 Å². The number of thioether (sulfide) groups is 1. The van der Waals surface area contributed by atoms with Crippen LogP contribution < -0.4 is 5.32 Å². The fourth-order valence-corrected chi connectivity index (χ4v) is 3.63. The van der Waals surface area contributed by atoms with E-state index in [1.807, 2.05) is 0 Å².